The molecule has 61 heavy (non-hydrogen) atoms. The molecule has 0 unspecified atom stereocenters. The van der Waals surface area contributed by atoms with E-state index in [2.05, 4.69) is 4.72 Å². The monoisotopic (exact) mass is 865 g/mol. The van der Waals surface area contributed by atoms with Gasteiger partial charge in [-0.2, -0.15) is 26.2 Å². The first-order chi connectivity index (χ1) is 28.7. The number of anilines is 4. The highest BCUT2D eigenvalue weighted by atomic mass is 32.2. The Morgan fingerprint density at radius 3 is 1.52 bits per heavy atom. The van der Waals surface area contributed by atoms with Gasteiger partial charge in [-0.15, -0.1) is 0 Å². The van der Waals surface area contributed by atoms with Crippen LogP contribution in [-0.2, 0) is 24.8 Å². The van der Waals surface area contributed by atoms with Crippen LogP contribution in [0.2, 0.25) is 0 Å². The number of aliphatic hydroxyl groups is 1. The summed E-state index contributed by atoms with van der Waals surface area (Å²) in [5, 5.41) is 11.6. The van der Waals surface area contributed by atoms with Gasteiger partial charge in [-0.3, -0.25) is 14.2 Å². The third-order valence-electron chi connectivity index (χ3n) is 10.0. The minimum Gasteiger partial charge on any atom is -0.506 e. The average Bonchev–Trinajstić information content (AvgIpc) is 3.19. The summed E-state index contributed by atoms with van der Waals surface area (Å²) in [6.45, 7) is 7.66. The second-order valence-electron chi connectivity index (χ2n) is 14.8. The van der Waals surface area contributed by atoms with Gasteiger partial charge in [0, 0.05) is 64.6 Å². The van der Waals surface area contributed by atoms with Gasteiger partial charge in [0.1, 0.15) is 5.76 Å². The lowest BCUT2D eigenvalue weighted by atomic mass is 9.79. The Morgan fingerprint density at radius 2 is 1.08 bits per heavy atom. The summed E-state index contributed by atoms with van der Waals surface area (Å²) in [5.74, 6) is -1.55. The number of aryl methyl sites for hydroxylation is 4. The summed E-state index contributed by atoms with van der Waals surface area (Å²) < 4.78 is 98.5. The maximum absolute atomic E-state index is 14.2. The SMILES string of the molecule is Cc1ccc(N(c2ccc(C)cc2)c2ccc(C3=C(O)C(=C4C=CC(=[N+](c5ccc(C)cc5)c5ccc(C)cc5)C=C4NS(C)(=O)=O)C3=O)c(NS(=O)(=O)C(F)(F)F)c2)cc1. The molecule has 3 N–H and O–H groups in total. The molecule has 0 spiro atoms. The number of allylic oxidation sites excluding steroid dienone is 5. The van der Waals surface area contributed by atoms with Crippen LogP contribution in [0.4, 0.5) is 47.3 Å². The molecule has 2 aliphatic carbocycles. The number of sulfonamides is 2. The molecule has 0 saturated heterocycles. The number of halogens is 3. The van der Waals surface area contributed by atoms with E-state index in [9.17, 15) is 39.9 Å². The van der Waals surface area contributed by atoms with Gasteiger partial charge in [-0.1, -0.05) is 70.8 Å². The minimum absolute atomic E-state index is 0.0212. The molecule has 312 valence electrons. The van der Waals surface area contributed by atoms with Gasteiger partial charge in [-0.25, -0.2) is 8.42 Å². The Morgan fingerprint density at radius 1 is 0.623 bits per heavy atom. The van der Waals surface area contributed by atoms with Gasteiger partial charge in [0.05, 0.1) is 28.8 Å². The zero-order chi connectivity index (χ0) is 44.0. The number of alkyl halides is 3. The van der Waals surface area contributed by atoms with E-state index in [1.807, 2.05) is 105 Å². The van der Waals surface area contributed by atoms with E-state index in [-0.39, 0.29) is 28.1 Å². The van der Waals surface area contributed by atoms with Crippen molar-refractivity contribution in [3.05, 3.63) is 184 Å². The van der Waals surface area contributed by atoms with Crippen LogP contribution in [0.5, 0.6) is 0 Å². The fraction of sp³-hybridized carbons (Fsp3) is 0.130. The van der Waals surface area contributed by atoms with Crippen LogP contribution in [0.15, 0.2) is 156 Å². The highest BCUT2D eigenvalue weighted by Crippen LogP contribution is 2.46. The van der Waals surface area contributed by atoms with E-state index in [1.165, 1.54) is 24.3 Å². The molecule has 0 fully saturated rings. The number of Topliss-reactive ketones (excluding diaryl/α,β-unsaturated/α-hetero) is 1. The molecule has 0 amide bonds. The van der Waals surface area contributed by atoms with Gasteiger partial charge < -0.3 is 10.0 Å². The molecule has 0 radical (unpaired) electrons. The highest BCUT2D eigenvalue weighted by molar-refractivity contribution is 7.93. The summed E-state index contributed by atoms with van der Waals surface area (Å²) in [5.41, 5.74) is -0.293. The predicted octanol–water partition coefficient (Wildman–Crippen LogP) is 9.78. The molecule has 2 aliphatic rings. The molecule has 0 aromatic heterocycles. The Hall–Kier alpha value is -6.71. The summed E-state index contributed by atoms with van der Waals surface area (Å²) in [6, 6.07) is 33.7. The molecule has 10 nitrogen and oxygen atoms in total. The van der Waals surface area contributed by atoms with E-state index in [1.54, 1.807) is 40.0 Å². The second kappa shape index (κ2) is 16.0. The quantitative estimate of drug-likeness (QED) is 0.0940. The number of ketones is 1. The lowest BCUT2D eigenvalue weighted by Gasteiger charge is -2.29. The lowest BCUT2D eigenvalue weighted by molar-refractivity contribution is -0.111. The summed E-state index contributed by atoms with van der Waals surface area (Å²) in [7, 11) is -10.0. The number of hydrogen-bond donors (Lipinski definition) is 3. The fourth-order valence-corrected chi connectivity index (χ4v) is 8.06. The Bertz CT molecular complexity index is 2880. The van der Waals surface area contributed by atoms with E-state index < -0.39 is 48.4 Å². The summed E-state index contributed by atoms with van der Waals surface area (Å²) in [4.78, 5) is 15.9. The normalized spacial score (nSPS) is 15.6. The van der Waals surface area contributed by atoms with Crippen molar-refractivity contribution in [1.29, 1.82) is 0 Å². The zero-order valence-electron chi connectivity index (χ0n) is 33.5. The molecule has 0 heterocycles. The molecule has 0 atom stereocenters. The first-order valence-corrected chi connectivity index (χ1v) is 22.2. The molecule has 5 aromatic rings. The first-order valence-electron chi connectivity index (χ1n) is 18.8. The molecular formula is C46H40F3N4O6S2+. The van der Waals surface area contributed by atoms with E-state index in [4.69, 9.17) is 0 Å². The van der Waals surface area contributed by atoms with Crippen LogP contribution in [0.25, 0.3) is 5.57 Å². The Labute approximate surface area is 352 Å². The maximum atomic E-state index is 14.2. The van der Waals surface area contributed by atoms with Gasteiger partial charge in [0.15, 0.2) is 0 Å². The lowest BCUT2D eigenvalue weighted by Crippen LogP contribution is -2.32. The van der Waals surface area contributed by atoms with Crippen LogP contribution in [0.1, 0.15) is 27.8 Å². The van der Waals surface area contributed by atoms with Gasteiger partial charge in [0.2, 0.25) is 32.9 Å². The Balaban J connectivity index is 1.40. The van der Waals surface area contributed by atoms with E-state index >= 15 is 0 Å². The van der Waals surface area contributed by atoms with Crippen molar-refractivity contribution in [1.82, 2.24) is 9.30 Å². The number of hydrogen-bond acceptors (Lipinski definition) is 7. The predicted molar refractivity (Wildman–Crippen MR) is 235 cm³/mol. The van der Waals surface area contributed by atoms with Crippen molar-refractivity contribution < 1.29 is 39.9 Å². The van der Waals surface area contributed by atoms with Crippen LogP contribution in [0, 0.1) is 27.7 Å². The van der Waals surface area contributed by atoms with Crippen molar-refractivity contribution in [3.8, 4) is 0 Å². The van der Waals surface area contributed by atoms with Crippen molar-refractivity contribution in [2.45, 2.75) is 33.2 Å². The molecule has 7 rings (SSSR count). The number of nitrogens with one attached hydrogen (secondary N) is 2. The van der Waals surface area contributed by atoms with E-state index in [0.717, 1.165) is 46.0 Å². The summed E-state index contributed by atoms with van der Waals surface area (Å²) in [6.07, 6.45) is 5.52. The molecular weight excluding hydrogens is 826 g/mol. The molecule has 15 heteroatoms. The van der Waals surface area contributed by atoms with Crippen molar-refractivity contribution in [2.24, 2.45) is 0 Å². The van der Waals surface area contributed by atoms with Crippen LogP contribution >= 0.6 is 0 Å². The van der Waals surface area contributed by atoms with Crippen molar-refractivity contribution in [2.75, 3.05) is 15.9 Å². The summed E-state index contributed by atoms with van der Waals surface area (Å²) >= 11 is 0. The van der Waals surface area contributed by atoms with E-state index in [0.29, 0.717) is 17.1 Å². The van der Waals surface area contributed by atoms with Crippen LogP contribution < -0.4 is 18.9 Å². The van der Waals surface area contributed by atoms with Crippen molar-refractivity contribution in [3.63, 3.8) is 0 Å². The fourth-order valence-electron chi connectivity index (χ4n) is 6.92. The van der Waals surface area contributed by atoms with Gasteiger partial charge >= 0.3 is 15.5 Å². The smallest absolute Gasteiger partial charge is 0.506 e. The minimum atomic E-state index is -6.04. The average molecular weight is 866 g/mol. The highest BCUT2D eigenvalue weighted by Gasteiger charge is 2.47. The van der Waals surface area contributed by atoms with Crippen LogP contribution in [0.3, 0.4) is 0 Å². The Kier molecular flexibility index (Phi) is 11.2. The largest absolute Gasteiger partial charge is 0.516 e. The number of benzene rings is 5. The second-order valence-corrected chi connectivity index (χ2v) is 18.2. The third kappa shape index (κ3) is 8.79. The standard InChI is InChI=1S/C46H39F3N4O6S2/c1-28-6-14-32(15-7-28)52(33-16-8-29(2)9-17-33)36-22-24-38(40(26-36)50-60(5,56)57)42-44(54)43(45(42)55)39-25-23-37(27-41(39)51-61(58,59)46(47,48)49)53(34-18-10-30(3)11-19-34)35-20-12-31(4)13-21-35/h6-27H,1-5H3,(H2,50,51,54,55)/p+1. The third-order valence-corrected chi connectivity index (χ3v) is 11.7. The maximum Gasteiger partial charge on any atom is 0.516 e. The van der Waals surface area contributed by atoms with Gasteiger partial charge in [0.25, 0.3) is 0 Å². The number of aliphatic hydroxyl groups excluding tert-OH is 1. The number of rotatable bonds is 10. The first kappa shape index (κ1) is 42.4. The van der Waals surface area contributed by atoms with Crippen LogP contribution in [-0.4, -0.2) is 45.2 Å². The topological polar surface area (TPSA) is 136 Å². The molecule has 0 aliphatic heterocycles. The number of nitrogens with zero attached hydrogens (tertiary/aromatic N) is 2. The molecule has 0 saturated carbocycles. The zero-order valence-corrected chi connectivity index (χ0v) is 35.2. The number of carbonyl (C=O) groups excluding carboxylic acids is 1. The number of carbonyl (C=O) groups is 1. The van der Waals surface area contributed by atoms with Gasteiger partial charge in [-0.05, 0) is 76.2 Å². The molecule has 0 bridgehead atoms. The molecule has 5 aromatic carbocycles. The van der Waals surface area contributed by atoms with Crippen molar-refractivity contribution >= 4 is 71.2 Å².